The standard InChI is InChI=1S/C23H15BrCl2N2O4S/c1-2-28-21(29)20(33-23(28)27-13-4-7-16(24)18(26)10-13)11-14-5-8-19(32-14)12-3-6-15(22(30)31)17(25)9-12/h3-11H,2H2,1H3,(H,30,31)/b20-11-,27-23?. The Balaban J connectivity index is 1.61. The van der Waals surface area contributed by atoms with Gasteiger partial charge < -0.3 is 9.52 Å². The molecule has 168 valence electrons. The van der Waals surface area contributed by atoms with Gasteiger partial charge in [0.15, 0.2) is 5.17 Å². The number of benzene rings is 2. The molecule has 0 spiro atoms. The largest absolute Gasteiger partial charge is 0.478 e. The fourth-order valence-corrected chi connectivity index (χ4v) is 4.82. The molecule has 2 aromatic carbocycles. The lowest BCUT2D eigenvalue weighted by Gasteiger charge is -2.12. The van der Waals surface area contributed by atoms with Crippen molar-refractivity contribution in [1.82, 2.24) is 4.90 Å². The maximum absolute atomic E-state index is 12.9. The Morgan fingerprint density at radius 3 is 2.64 bits per heavy atom. The van der Waals surface area contributed by atoms with Gasteiger partial charge in [0.05, 0.1) is 26.2 Å². The number of carboxylic acid groups (broad SMARTS) is 1. The van der Waals surface area contributed by atoms with E-state index in [0.29, 0.717) is 44.4 Å². The van der Waals surface area contributed by atoms with Crippen molar-refractivity contribution >= 4 is 79.7 Å². The third-order valence-electron chi connectivity index (χ3n) is 4.72. The summed E-state index contributed by atoms with van der Waals surface area (Å²) in [7, 11) is 0. The molecule has 0 bridgehead atoms. The van der Waals surface area contributed by atoms with Crippen LogP contribution in [0.5, 0.6) is 0 Å². The predicted octanol–water partition coefficient (Wildman–Crippen LogP) is 7.34. The number of amidine groups is 1. The number of amides is 1. The first-order chi connectivity index (χ1) is 15.8. The highest BCUT2D eigenvalue weighted by molar-refractivity contribution is 9.10. The maximum Gasteiger partial charge on any atom is 0.337 e. The minimum atomic E-state index is -1.10. The Morgan fingerprint density at radius 1 is 1.18 bits per heavy atom. The normalized spacial score (nSPS) is 16.2. The van der Waals surface area contributed by atoms with Gasteiger partial charge in [0, 0.05) is 22.7 Å². The van der Waals surface area contributed by atoms with E-state index in [2.05, 4.69) is 20.9 Å². The lowest BCUT2D eigenvalue weighted by atomic mass is 10.1. The van der Waals surface area contributed by atoms with Crippen LogP contribution in [-0.4, -0.2) is 33.6 Å². The van der Waals surface area contributed by atoms with Crippen LogP contribution in [0.1, 0.15) is 23.0 Å². The summed E-state index contributed by atoms with van der Waals surface area (Å²) < 4.78 is 6.62. The van der Waals surface area contributed by atoms with Crippen molar-refractivity contribution in [2.24, 2.45) is 4.99 Å². The van der Waals surface area contributed by atoms with Gasteiger partial charge in [-0.25, -0.2) is 9.79 Å². The number of aromatic carboxylic acids is 1. The van der Waals surface area contributed by atoms with Crippen molar-refractivity contribution in [1.29, 1.82) is 0 Å². The van der Waals surface area contributed by atoms with E-state index in [9.17, 15) is 9.59 Å². The number of nitrogens with zero attached hydrogens (tertiary/aromatic N) is 2. The number of carbonyl (C=O) groups is 2. The van der Waals surface area contributed by atoms with Crippen molar-refractivity contribution in [3.63, 3.8) is 0 Å². The lowest BCUT2D eigenvalue weighted by Crippen LogP contribution is -2.28. The Hall–Kier alpha value is -2.52. The van der Waals surface area contributed by atoms with Crippen LogP contribution < -0.4 is 0 Å². The molecular weight excluding hydrogens is 551 g/mol. The Bertz CT molecular complexity index is 1340. The SMILES string of the molecule is CCN1C(=O)/C(=C/c2ccc(-c3ccc(C(=O)O)c(Cl)c3)o2)SC1=Nc1ccc(Br)c(Cl)c1. The van der Waals surface area contributed by atoms with E-state index in [-0.39, 0.29) is 16.5 Å². The first-order valence-electron chi connectivity index (χ1n) is 9.65. The number of furan rings is 1. The van der Waals surface area contributed by atoms with E-state index in [1.54, 1.807) is 41.3 Å². The molecule has 1 saturated heterocycles. The van der Waals surface area contributed by atoms with Gasteiger partial charge in [0.25, 0.3) is 5.91 Å². The predicted molar refractivity (Wildman–Crippen MR) is 135 cm³/mol. The van der Waals surface area contributed by atoms with Crippen molar-refractivity contribution in [2.75, 3.05) is 6.54 Å². The molecule has 1 fully saturated rings. The topological polar surface area (TPSA) is 83.1 Å². The van der Waals surface area contributed by atoms with Gasteiger partial charge in [0.1, 0.15) is 11.5 Å². The number of hydrogen-bond donors (Lipinski definition) is 1. The molecule has 6 nitrogen and oxygen atoms in total. The van der Waals surface area contributed by atoms with Crippen LogP contribution in [0.4, 0.5) is 5.69 Å². The highest BCUT2D eigenvalue weighted by Gasteiger charge is 2.32. The van der Waals surface area contributed by atoms with Gasteiger partial charge in [-0.2, -0.15) is 0 Å². The van der Waals surface area contributed by atoms with Crippen LogP contribution in [0.2, 0.25) is 10.0 Å². The fourth-order valence-electron chi connectivity index (χ4n) is 3.09. The average molecular weight is 566 g/mol. The summed E-state index contributed by atoms with van der Waals surface area (Å²) >= 11 is 16.8. The molecule has 1 aromatic heterocycles. The summed E-state index contributed by atoms with van der Waals surface area (Å²) in [6.07, 6.45) is 1.66. The number of likely N-dealkylation sites (N-methyl/N-ethyl adjacent to an activating group) is 1. The molecule has 0 unspecified atom stereocenters. The van der Waals surface area contributed by atoms with Crippen LogP contribution >= 0.6 is 50.9 Å². The smallest absolute Gasteiger partial charge is 0.337 e. The van der Waals surface area contributed by atoms with Gasteiger partial charge in [0.2, 0.25) is 0 Å². The molecule has 0 aliphatic carbocycles. The Kier molecular flexibility index (Phi) is 6.99. The second kappa shape index (κ2) is 9.77. The average Bonchev–Trinajstić information content (AvgIpc) is 3.35. The number of thioether (sulfide) groups is 1. The fraction of sp³-hybridized carbons (Fsp3) is 0.0870. The van der Waals surface area contributed by atoms with E-state index >= 15 is 0 Å². The van der Waals surface area contributed by atoms with Gasteiger partial charge in [-0.1, -0.05) is 29.3 Å². The van der Waals surface area contributed by atoms with Crippen molar-refractivity contribution in [2.45, 2.75) is 6.92 Å². The molecule has 0 saturated carbocycles. The molecule has 3 aromatic rings. The number of rotatable bonds is 5. The van der Waals surface area contributed by atoms with Crippen molar-refractivity contribution < 1.29 is 19.1 Å². The van der Waals surface area contributed by atoms with Crippen LogP contribution in [0.25, 0.3) is 17.4 Å². The quantitative estimate of drug-likeness (QED) is 0.327. The molecule has 1 N–H and O–H groups in total. The highest BCUT2D eigenvalue weighted by atomic mass is 79.9. The summed E-state index contributed by atoms with van der Waals surface area (Å²) in [6.45, 7) is 2.34. The van der Waals surface area contributed by atoms with E-state index in [1.165, 1.54) is 23.9 Å². The molecule has 33 heavy (non-hydrogen) atoms. The van der Waals surface area contributed by atoms with Gasteiger partial charge in [-0.05, 0) is 77.1 Å². The van der Waals surface area contributed by atoms with Crippen LogP contribution in [0, 0.1) is 0 Å². The zero-order chi connectivity index (χ0) is 23.7. The monoisotopic (exact) mass is 564 g/mol. The third-order valence-corrected chi connectivity index (χ3v) is 7.27. The molecule has 0 atom stereocenters. The van der Waals surface area contributed by atoms with Gasteiger partial charge in [-0.15, -0.1) is 0 Å². The molecular formula is C23H15BrCl2N2O4S. The van der Waals surface area contributed by atoms with Crippen LogP contribution in [0.15, 0.2) is 67.3 Å². The molecule has 4 rings (SSSR count). The van der Waals surface area contributed by atoms with Crippen LogP contribution in [-0.2, 0) is 4.79 Å². The lowest BCUT2D eigenvalue weighted by molar-refractivity contribution is -0.122. The van der Waals surface area contributed by atoms with Crippen molar-refractivity contribution in [3.8, 4) is 11.3 Å². The summed E-state index contributed by atoms with van der Waals surface area (Å²) in [5.74, 6) is -0.294. The zero-order valence-corrected chi connectivity index (χ0v) is 20.9. The number of aliphatic imine (C=N–C) groups is 1. The first kappa shape index (κ1) is 23.6. The third kappa shape index (κ3) is 5.04. The summed E-state index contributed by atoms with van der Waals surface area (Å²) in [5, 5.41) is 10.3. The molecule has 1 aliphatic heterocycles. The molecule has 1 amide bonds. The van der Waals surface area contributed by atoms with E-state index in [0.717, 1.165) is 4.47 Å². The number of carboxylic acids is 1. The summed E-state index contributed by atoms with van der Waals surface area (Å²) in [5.41, 5.74) is 1.28. The second-order valence-corrected chi connectivity index (χ2v) is 9.53. The minimum Gasteiger partial charge on any atom is -0.478 e. The van der Waals surface area contributed by atoms with E-state index < -0.39 is 5.97 Å². The summed E-state index contributed by atoms with van der Waals surface area (Å²) in [6, 6.07) is 13.4. The zero-order valence-electron chi connectivity index (χ0n) is 17.0. The second-order valence-electron chi connectivity index (χ2n) is 6.85. The molecule has 10 heteroatoms. The number of hydrogen-bond acceptors (Lipinski definition) is 5. The Labute approximate surface area is 212 Å². The molecule has 1 aliphatic rings. The number of carbonyl (C=O) groups excluding carboxylic acids is 1. The Morgan fingerprint density at radius 2 is 1.97 bits per heavy atom. The summed E-state index contributed by atoms with van der Waals surface area (Å²) in [4.78, 5) is 30.7. The number of halogens is 3. The van der Waals surface area contributed by atoms with Crippen LogP contribution in [0.3, 0.4) is 0 Å². The van der Waals surface area contributed by atoms with Gasteiger partial charge >= 0.3 is 5.97 Å². The molecule has 2 heterocycles. The van der Waals surface area contributed by atoms with Gasteiger partial charge in [-0.3, -0.25) is 9.69 Å². The highest BCUT2D eigenvalue weighted by Crippen LogP contribution is 2.36. The van der Waals surface area contributed by atoms with E-state index in [4.69, 9.17) is 32.7 Å². The molecule has 0 radical (unpaired) electrons. The maximum atomic E-state index is 12.9. The first-order valence-corrected chi connectivity index (χ1v) is 12.0. The minimum absolute atomic E-state index is 0.0146. The van der Waals surface area contributed by atoms with E-state index in [1.807, 2.05) is 13.0 Å². The van der Waals surface area contributed by atoms with Crippen molar-refractivity contribution in [3.05, 3.63) is 79.3 Å².